The van der Waals surface area contributed by atoms with Gasteiger partial charge in [-0.2, -0.15) is 0 Å². The number of hydrogen-bond acceptors (Lipinski definition) is 2. The predicted octanol–water partition coefficient (Wildman–Crippen LogP) is 1.25. The number of aromatic nitrogens is 2. The van der Waals surface area contributed by atoms with Crippen LogP contribution >= 0.6 is 11.6 Å². The molecule has 0 aliphatic carbocycles. The van der Waals surface area contributed by atoms with Gasteiger partial charge in [0.2, 0.25) is 0 Å². The first-order valence-corrected chi connectivity index (χ1v) is 4.65. The molecule has 0 aliphatic rings. The highest BCUT2D eigenvalue weighted by Gasteiger charge is 2.19. The molecule has 0 saturated carbocycles. The first kappa shape index (κ1) is 11.0. The van der Waals surface area contributed by atoms with E-state index in [1.54, 1.807) is 6.92 Å². The van der Waals surface area contributed by atoms with Crippen molar-refractivity contribution in [3.63, 3.8) is 0 Å². The van der Waals surface area contributed by atoms with E-state index in [4.69, 9.17) is 11.6 Å². The number of nitrogens with one attached hydrogen (secondary N) is 1. The van der Waals surface area contributed by atoms with Gasteiger partial charge in [0.15, 0.2) is 0 Å². The topological polar surface area (TPSA) is 54.9 Å². The summed E-state index contributed by atoms with van der Waals surface area (Å²) in [7, 11) is 0. The van der Waals surface area contributed by atoms with Gasteiger partial charge in [-0.25, -0.2) is 4.79 Å². The van der Waals surface area contributed by atoms with Gasteiger partial charge in [-0.1, -0.05) is 11.6 Å². The summed E-state index contributed by atoms with van der Waals surface area (Å²) in [6, 6.07) is 0. The predicted molar refractivity (Wildman–Crippen MR) is 56.1 cm³/mol. The van der Waals surface area contributed by atoms with Crippen LogP contribution in [0.1, 0.15) is 26.5 Å². The van der Waals surface area contributed by atoms with Crippen molar-refractivity contribution in [2.45, 2.75) is 33.2 Å². The molecule has 0 bridgehead atoms. The molecule has 14 heavy (non-hydrogen) atoms. The summed E-state index contributed by atoms with van der Waals surface area (Å²) >= 11 is 5.76. The Bertz CT molecular complexity index is 465. The highest BCUT2D eigenvalue weighted by Crippen LogP contribution is 2.16. The lowest BCUT2D eigenvalue weighted by Crippen LogP contribution is -2.40. The first-order chi connectivity index (χ1) is 6.25. The van der Waals surface area contributed by atoms with E-state index in [2.05, 4.69) is 4.98 Å². The van der Waals surface area contributed by atoms with Gasteiger partial charge in [0.25, 0.3) is 5.56 Å². The Morgan fingerprint density at radius 3 is 2.21 bits per heavy atom. The molecule has 0 aromatic carbocycles. The summed E-state index contributed by atoms with van der Waals surface area (Å²) in [4.78, 5) is 24.8. The van der Waals surface area contributed by atoms with E-state index >= 15 is 0 Å². The zero-order valence-electron chi connectivity index (χ0n) is 8.64. The fraction of sp³-hybridized carbons (Fsp3) is 0.556. The molecule has 1 N–H and O–H groups in total. The van der Waals surface area contributed by atoms with Crippen LogP contribution < -0.4 is 11.2 Å². The third-order valence-corrected chi connectivity index (χ3v) is 2.39. The van der Waals surface area contributed by atoms with Gasteiger partial charge in [-0.05, 0) is 27.7 Å². The molecule has 0 radical (unpaired) electrons. The van der Waals surface area contributed by atoms with Crippen molar-refractivity contribution in [1.29, 1.82) is 0 Å². The minimum Gasteiger partial charge on any atom is -0.291 e. The summed E-state index contributed by atoms with van der Waals surface area (Å²) in [5.41, 5.74) is -0.860. The van der Waals surface area contributed by atoms with Gasteiger partial charge < -0.3 is 0 Å². The van der Waals surface area contributed by atoms with Crippen LogP contribution in [-0.4, -0.2) is 9.55 Å². The second kappa shape index (κ2) is 3.28. The maximum Gasteiger partial charge on any atom is 0.329 e. The molecule has 0 amide bonds. The van der Waals surface area contributed by atoms with Gasteiger partial charge in [-0.15, -0.1) is 0 Å². The zero-order valence-corrected chi connectivity index (χ0v) is 9.40. The maximum absolute atomic E-state index is 11.5. The second-order valence-electron chi connectivity index (χ2n) is 4.16. The Hall–Kier alpha value is -1.03. The Labute approximate surface area is 86.5 Å². The van der Waals surface area contributed by atoms with E-state index in [0.717, 1.165) is 0 Å². The molecule has 1 aromatic rings. The lowest BCUT2D eigenvalue weighted by molar-refractivity contribution is 0.368. The summed E-state index contributed by atoms with van der Waals surface area (Å²) in [5.74, 6) is 0. The minimum absolute atomic E-state index is 0.0690. The number of nitrogens with zero attached hydrogens (tertiary/aromatic N) is 1. The summed E-state index contributed by atoms with van der Waals surface area (Å²) in [6.07, 6.45) is 0. The average molecular weight is 217 g/mol. The molecule has 4 nitrogen and oxygen atoms in total. The number of H-pyrrole nitrogens is 1. The molecule has 0 saturated heterocycles. The second-order valence-corrected chi connectivity index (χ2v) is 4.54. The number of aromatic amines is 1. The monoisotopic (exact) mass is 216 g/mol. The van der Waals surface area contributed by atoms with Gasteiger partial charge >= 0.3 is 5.69 Å². The lowest BCUT2D eigenvalue weighted by atomic mass is 10.1. The SMILES string of the molecule is Cc1c(Cl)c(=O)[nH]c(=O)n1C(C)(C)C. The van der Waals surface area contributed by atoms with E-state index < -0.39 is 16.8 Å². The highest BCUT2D eigenvalue weighted by molar-refractivity contribution is 6.30. The third kappa shape index (κ3) is 1.75. The minimum atomic E-state index is -0.533. The van der Waals surface area contributed by atoms with E-state index in [0.29, 0.717) is 5.69 Å². The van der Waals surface area contributed by atoms with Crippen LogP contribution in [0, 0.1) is 6.92 Å². The molecule has 0 spiro atoms. The quantitative estimate of drug-likeness (QED) is 0.710. The average Bonchev–Trinajstić information content (AvgIpc) is 1.97. The van der Waals surface area contributed by atoms with Crippen LogP contribution in [0.15, 0.2) is 9.59 Å². The fourth-order valence-electron chi connectivity index (χ4n) is 1.43. The molecule has 1 aromatic heterocycles. The molecule has 1 heterocycles. The van der Waals surface area contributed by atoms with Crippen LogP contribution in [0.5, 0.6) is 0 Å². The summed E-state index contributed by atoms with van der Waals surface area (Å²) in [6.45, 7) is 7.27. The molecule has 0 unspecified atom stereocenters. The van der Waals surface area contributed by atoms with E-state index in [9.17, 15) is 9.59 Å². The molecule has 1 rings (SSSR count). The standard InChI is InChI=1S/C9H13ClN2O2/c1-5-6(10)7(13)11-8(14)12(5)9(2,3)4/h1-4H3,(H,11,13,14). The third-order valence-electron chi connectivity index (χ3n) is 1.95. The van der Waals surface area contributed by atoms with Crippen molar-refractivity contribution in [3.8, 4) is 0 Å². The zero-order chi connectivity index (χ0) is 11.1. The molecule has 0 fully saturated rings. The smallest absolute Gasteiger partial charge is 0.291 e. The van der Waals surface area contributed by atoms with Crippen molar-refractivity contribution in [2.24, 2.45) is 0 Å². The van der Waals surface area contributed by atoms with Crippen molar-refractivity contribution in [3.05, 3.63) is 31.6 Å². The highest BCUT2D eigenvalue weighted by atomic mass is 35.5. The van der Waals surface area contributed by atoms with E-state index in [1.165, 1.54) is 4.57 Å². The first-order valence-electron chi connectivity index (χ1n) is 4.27. The van der Waals surface area contributed by atoms with Gasteiger partial charge in [0.05, 0.1) is 0 Å². The van der Waals surface area contributed by atoms with E-state index in [-0.39, 0.29) is 5.02 Å². The normalized spacial score (nSPS) is 11.8. The van der Waals surface area contributed by atoms with E-state index in [1.807, 2.05) is 20.8 Å². The van der Waals surface area contributed by atoms with Gasteiger partial charge in [0, 0.05) is 11.2 Å². The molecule has 78 valence electrons. The Kier molecular flexibility index (Phi) is 2.58. The van der Waals surface area contributed by atoms with Crippen LogP contribution in [0.25, 0.3) is 0 Å². The van der Waals surface area contributed by atoms with Crippen molar-refractivity contribution in [2.75, 3.05) is 0 Å². The Morgan fingerprint density at radius 2 is 1.79 bits per heavy atom. The van der Waals surface area contributed by atoms with Gasteiger partial charge in [0.1, 0.15) is 5.02 Å². The van der Waals surface area contributed by atoms with Crippen molar-refractivity contribution < 1.29 is 0 Å². The fourth-order valence-corrected chi connectivity index (χ4v) is 1.56. The molecule has 0 aliphatic heterocycles. The summed E-state index contributed by atoms with van der Waals surface area (Å²) in [5, 5.41) is 0.0690. The summed E-state index contributed by atoms with van der Waals surface area (Å²) < 4.78 is 1.47. The van der Waals surface area contributed by atoms with Crippen LogP contribution in [0.4, 0.5) is 0 Å². The van der Waals surface area contributed by atoms with Crippen molar-refractivity contribution in [1.82, 2.24) is 9.55 Å². The van der Waals surface area contributed by atoms with Crippen LogP contribution in [-0.2, 0) is 5.54 Å². The van der Waals surface area contributed by atoms with Crippen LogP contribution in [0.2, 0.25) is 5.02 Å². The molecular formula is C9H13ClN2O2. The maximum atomic E-state index is 11.5. The van der Waals surface area contributed by atoms with Crippen molar-refractivity contribution >= 4 is 11.6 Å². The lowest BCUT2D eigenvalue weighted by Gasteiger charge is -2.24. The van der Waals surface area contributed by atoms with Gasteiger partial charge in [-0.3, -0.25) is 14.3 Å². The molecule has 0 atom stereocenters. The van der Waals surface area contributed by atoms with Crippen LogP contribution in [0.3, 0.4) is 0 Å². The number of rotatable bonds is 0. The molecule has 5 heteroatoms. The molecular weight excluding hydrogens is 204 g/mol. The Morgan fingerprint density at radius 1 is 1.29 bits per heavy atom. The Balaban J connectivity index is 3.70. The number of hydrogen-bond donors (Lipinski definition) is 1. The number of halogens is 1. The largest absolute Gasteiger partial charge is 0.329 e.